The lowest BCUT2D eigenvalue weighted by atomic mass is 10.1. The van der Waals surface area contributed by atoms with Gasteiger partial charge in [0.05, 0.1) is 5.69 Å². The Morgan fingerprint density at radius 1 is 0.917 bits per heavy atom. The van der Waals surface area contributed by atoms with Crippen molar-refractivity contribution in [1.82, 2.24) is 15.2 Å². The zero-order valence-corrected chi connectivity index (χ0v) is 12.7. The fourth-order valence-corrected chi connectivity index (χ4v) is 2.58. The zero-order valence-electron chi connectivity index (χ0n) is 12.7. The fraction of sp³-hybridized carbons (Fsp3) is 0. The first-order valence-corrected chi connectivity index (χ1v) is 7.55. The molecule has 4 rings (SSSR count). The molecule has 5 heteroatoms. The normalized spacial score (nSPS) is 10.7. The number of hydrogen-bond donors (Lipinski definition) is 2. The molecule has 0 saturated carbocycles. The average Bonchev–Trinajstić information content (AvgIpc) is 3.10. The van der Waals surface area contributed by atoms with E-state index in [4.69, 9.17) is 0 Å². The Morgan fingerprint density at radius 3 is 2.54 bits per heavy atom. The minimum atomic E-state index is -0.187. The van der Waals surface area contributed by atoms with Gasteiger partial charge in [0, 0.05) is 29.6 Å². The van der Waals surface area contributed by atoms with Gasteiger partial charge in [-0.2, -0.15) is 5.10 Å². The molecule has 2 aromatic heterocycles. The van der Waals surface area contributed by atoms with Gasteiger partial charge in [0.1, 0.15) is 0 Å². The van der Waals surface area contributed by atoms with Gasteiger partial charge in [-0.15, -0.1) is 0 Å². The van der Waals surface area contributed by atoms with Crippen molar-refractivity contribution in [2.75, 3.05) is 5.32 Å². The number of anilines is 1. The van der Waals surface area contributed by atoms with Crippen molar-refractivity contribution >= 4 is 22.5 Å². The summed E-state index contributed by atoms with van der Waals surface area (Å²) in [6, 6.07) is 19.1. The van der Waals surface area contributed by atoms with Crippen LogP contribution >= 0.6 is 0 Å². The van der Waals surface area contributed by atoms with Crippen LogP contribution in [0.3, 0.4) is 0 Å². The molecule has 24 heavy (non-hydrogen) atoms. The van der Waals surface area contributed by atoms with Crippen molar-refractivity contribution in [2.45, 2.75) is 0 Å². The third-order valence-electron chi connectivity index (χ3n) is 3.82. The predicted octanol–water partition coefficient (Wildman–Crippen LogP) is 3.88. The van der Waals surface area contributed by atoms with Gasteiger partial charge in [-0.05, 0) is 35.0 Å². The number of aromatic amines is 1. The summed E-state index contributed by atoms with van der Waals surface area (Å²) < 4.78 is 0. The van der Waals surface area contributed by atoms with Crippen LogP contribution in [-0.4, -0.2) is 21.1 Å². The Balaban J connectivity index is 1.56. The van der Waals surface area contributed by atoms with Gasteiger partial charge in [-0.1, -0.05) is 30.3 Å². The summed E-state index contributed by atoms with van der Waals surface area (Å²) in [5.41, 5.74) is 2.39. The Morgan fingerprint density at radius 2 is 1.71 bits per heavy atom. The van der Waals surface area contributed by atoms with E-state index in [2.05, 4.69) is 20.5 Å². The summed E-state index contributed by atoms with van der Waals surface area (Å²) in [5.74, 6) is 0.300. The van der Waals surface area contributed by atoms with Crippen molar-refractivity contribution in [3.63, 3.8) is 0 Å². The molecule has 0 bridgehead atoms. The molecule has 0 aliphatic carbocycles. The maximum absolute atomic E-state index is 12.4. The number of benzene rings is 2. The van der Waals surface area contributed by atoms with Crippen LogP contribution in [0.25, 0.3) is 22.0 Å². The zero-order chi connectivity index (χ0) is 16.4. The first-order chi connectivity index (χ1) is 11.8. The van der Waals surface area contributed by atoms with Gasteiger partial charge >= 0.3 is 0 Å². The van der Waals surface area contributed by atoms with Gasteiger partial charge in [0.25, 0.3) is 5.91 Å². The number of aromatic nitrogens is 3. The lowest BCUT2D eigenvalue weighted by molar-refractivity contribution is 0.102. The molecule has 1 amide bonds. The molecule has 2 aromatic carbocycles. The van der Waals surface area contributed by atoms with Crippen molar-refractivity contribution in [3.05, 3.63) is 78.6 Å². The van der Waals surface area contributed by atoms with Crippen molar-refractivity contribution in [1.29, 1.82) is 0 Å². The fourth-order valence-electron chi connectivity index (χ4n) is 2.58. The van der Waals surface area contributed by atoms with Crippen LogP contribution in [-0.2, 0) is 0 Å². The number of hydrogen-bond acceptors (Lipinski definition) is 3. The molecule has 0 unspecified atom stereocenters. The summed E-state index contributed by atoms with van der Waals surface area (Å²) >= 11 is 0. The maximum Gasteiger partial charge on any atom is 0.256 e. The first kappa shape index (κ1) is 14.1. The number of carbonyl (C=O) groups excluding carboxylic acids is 1. The van der Waals surface area contributed by atoms with Gasteiger partial charge in [-0.25, -0.2) is 0 Å². The number of nitrogens with one attached hydrogen (secondary N) is 2. The minimum absolute atomic E-state index is 0.187. The lowest BCUT2D eigenvalue weighted by Gasteiger charge is -2.03. The monoisotopic (exact) mass is 314 g/mol. The van der Waals surface area contributed by atoms with E-state index in [1.807, 2.05) is 54.6 Å². The molecular formula is C19H14N4O. The molecule has 116 valence electrons. The first-order valence-electron chi connectivity index (χ1n) is 7.55. The highest BCUT2D eigenvalue weighted by Crippen LogP contribution is 2.20. The maximum atomic E-state index is 12.4. The van der Waals surface area contributed by atoms with E-state index in [0.29, 0.717) is 11.4 Å². The van der Waals surface area contributed by atoms with Gasteiger partial charge in [0.2, 0.25) is 0 Å². The Kier molecular flexibility index (Phi) is 3.51. The molecule has 0 atom stereocenters. The quantitative estimate of drug-likeness (QED) is 0.603. The van der Waals surface area contributed by atoms with Gasteiger partial charge in [-0.3, -0.25) is 14.9 Å². The molecule has 0 aliphatic rings. The summed E-state index contributed by atoms with van der Waals surface area (Å²) in [7, 11) is 0. The Labute approximate surface area is 138 Å². The lowest BCUT2D eigenvalue weighted by Crippen LogP contribution is -2.12. The second-order valence-electron chi connectivity index (χ2n) is 5.42. The summed E-state index contributed by atoms with van der Waals surface area (Å²) in [5, 5.41) is 12.0. The molecule has 0 radical (unpaired) electrons. The van der Waals surface area contributed by atoms with Gasteiger partial charge < -0.3 is 5.32 Å². The highest BCUT2D eigenvalue weighted by atomic mass is 16.1. The van der Waals surface area contributed by atoms with E-state index < -0.39 is 0 Å². The molecule has 2 heterocycles. The van der Waals surface area contributed by atoms with Gasteiger partial charge in [0.15, 0.2) is 5.82 Å². The Bertz CT molecular complexity index is 1010. The molecular weight excluding hydrogens is 300 g/mol. The topological polar surface area (TPSA) is 70.7 Å². The molecule has 0 fully saturated rings. The smallest absolute Gasteiger partial charge is 0.256 e. The SMILES string of the molecule is O=C(Nc1cc(-c2ccncc2)[nH]n1)c1ccc2ccccc2c1. The number of H-pyrrole nitrogens is 1. The highest BCUT2D eigenvalue weighted by Gasteiger charge is 2.10. The van der Waals surface area contributed by atoms with Crippen LogP contribution < -0.4 is 5.32 Å². The average molecular weight is 314 g/mol. The third-order valence-corrected chi connectivity index (χ3v) is 3.82. The highest BCUT2D eigenvalue weighted by molar-refractivity contribution is 6.06. The number of carbonyl (C=O) groups is 1. The molecule has 0 saturated heterocycles. The van der Waals surface area contributed by atoms with Crippen molar-refractivity contribution < 1.29 is 4.79 Å². The number of fused-ring (bicyclic) bond motifs is 1. The van der Waals surface area contributed by atoms with E-state index in [1.165, 1.54) is 0 Å². The van der Waals surface area contributed by atoms with Crippen LogP contribution in [0.1, 0.15) is 10.4 Å². The van der Waals surface area contributed by atoms with Crippen LogP contribution in [0.4, 0.5) is 5.82 Å². The molecule has 0 spiro atoms. The van der Waals surface area contributed by atoms with E-state index in [0.717, 1.165) is 22.0 Å². The number of rotatable bonds is 3. The number of pyridine rings is 1. The minimum Gasteiger partial charge on any atom is -0.305 e. The van der Waals surface area contributed by atoms with E-state index >= 15 is 0 Å². The molecule has 2 N–H and O–H groups in total. The number of nitrogens with zero attached hydrogens (tertiary/aromatic N) is 2. The standard InChI is InChI=1S/C19H14N4O/c24-19(16-6-5-13-3-1-2-4-15(13)11-16)21-18-12-17(22-23-18)14-7-9-20-10-8-14/h1-12H,(H2,21,22,23,24). The van der Waals surface area contributed by atoms with Crippen molar-refractivity contribution in [2.24, 2.45) is 0 Å². The molecule has 5 nitrogen and oxygen atoms in total. The van der Waals surface area contributed by atoms with E-state index in [9.17, 15) is 4.79 Å². The van der Waals surface area contributed by atoms with Crippen LogP contribution in [0.2, 0.25) is 0 Å². The number of amides is 1. The predicted molar refractivity (Wildman–Crippen MR) is 93.7 cm³/mol. The van der Waals surface area contributed by atoms with Crippen LogP contribution in [0, 0.1) is 0 Å². The second-order valence-corrected chi connectivity index (χ2v) is 5.42. The molecule has 4 aromatic rings. The Hall–Kier alpha value is -3.47. The van der Waals surface area contributed by atoms with E-state index in [-0.39, 0.29) is 5.91 Å². The molecule has 0 aliphatic heterocycles. The summed E-state index contributed by atoms with van der Waals surface area (Å²) in [4.78, 5) is 16.4. The summed E-state index contributed by atoms with van der Waals surface area (Å²) in [6.45, 7) is 0. The van der Waals surface area contributed by atoms with Crippen LogP contribution in [0.15, 0.2) is 73.1 Å². The summed E-state index contributed by atoms with van der Waals surface area (Å²) in [6.07, 6.45) is 3.42. The second kappa shape index (κ2) is 5.96. The largest absolute Gasteiger partial charge is 0.305 e. The third kappa shape index (κ3) is 2.75. The van der Waals surface area contributed by atoms with Crippen LogP contribution in [0.5, 0.6) is 0 Å². The van der Waals surface area contributed by atoms with E-state index in [1.54, 1.807) is 18.5 Å². The van der Waals surface area contributed by atoms with Crippen molar-refractivity contribution in [3.8, 4) is 11.3 Å².